The number of rotatable bonds is 6. The zero-order valence-corrected chi connectivity index (χ0v) is 8.86. The van der Waals surface area contributed by atoms with Crippen molar-refractivity contribution in [3.05, 3.63) is 0 Å². The van der Waals surface area contributed by atoms with Crippen LogP contribution in [0.5, 0.6) is 0 Å². The van der Waals surface area contributed by atoms with Crippen molar-refractivity contribution < 1.29 is 4.74 Å². The molecule has 0 aliphatic carbocycles. The lowest BCUT2D eigenvalue weighted by Crippen LogP contribution is -2.42. The van der Waals surface area contributed by atoms with Crippen LogP contribution in [0.3, 0.4) is 0 Å². The molecule has 1 atom stereocenters. The molecule has 0 rings (SSSR count). The Bertz CT molecular complexity index is 141. The Morgan fingerprint density at radius 2 is 2.25 bits per heavy atom. The summed E-state index contributed by atoms with van der Waals surface area (Å²) in [7, 11) is 3.70. The zero-order chi connectivity index (χ0) is 9.56. The summed E-state index contributed by atoms with van der Waals surface area (Å²) < 4.78 is 4.96. The molecule has 3 nitrogen and oxygen atoms in total. The van der Waals surface area contributed by atoms with Crippen molar-refractivity contribution in [3.63, 3.8) is 0 Å². The third-order valence-corrected chi connectivity index (χ3v) is 2.17. The molecule has 72 valence electrons. The summed E-state index contributed by atoms with van der Waals surface area (Å²) in [5, 5.41) is 0. The zero-order valence-electron chi connectivity index (χ0n) is 8.04. The second-order valence-corrected chi connectivity index (χ2v) is 3.27. The van der Waals surface area contributed by atoms with Gasteiger partial charge in [0.15, 0.2) is 0 Å². The van der Waals surface area contributed by atoms with E-state index in [0.717, 1.165) is 19.6 Å². The van der Waals surface area contributed by atoms with Crippen molar-refractivity contribution in [2.45, 2.75) is 19.4 Å². The predicted octanol–water partition coefficient (Wildman–Crippen LogP) is 0.629. The van der Waals surface area contributed by atoms with E-state index >= 15 is 0 Å². The third kappa shape index (κ3) is 3.99. The molecule has 0 fully saturated rings. The van der Waals surface area contributed by atoms with Gasteiger partial charge in [0.25, 0.3) is 0 Å². The maximum atomic E-state index is 5.57. The van der Waals surface area contributed by atoms with Crippen LogP contribution < -0.4 is 5.73 Å². The number of hydrogen-bond donors (Lipinski definition) is 1. The quantitative estimate of drug-likeness (QED) is 0.624. The van der Waals surface area contributed by atoms with Gasteiger partial charge in [0, 0.05) is 13.7 Å². The highest BCUT2D eigenvalue weighted by molar-refractivity contribution is 7.80. The van der Waals surface area contributed by atoms with E-state index in [0.29, 0.717) is 4.99 Å². The fourth-order valence-corrected chi connectivity index (χ4v) is 1.47. The van der Waals surface area contributed by atoms with Crippen LogP contribution in [0.25, 0.3) is 0 Å². The Labute approximate surface area is 79.9 Å². The van der Waals surface area contributed by atoms with Crippen molar-refractivity contribution in [2.24, 2.45) is 5.73 Å². The van der Waals surface area contributed by atoms with Gasteiger partial charge in [-0.2, -0.15) is 0 Å². The molecule has 1 unspecified atom stereocenters. The Morgan fingerprint density at radius 3 is 2.58 bits per heavy atom. The van der Waals surface area contributed by atoms with E-state index in [1.54, 1.807) is 7.11 Å². The predicted molar refractivity (Wildman–Crippen MR) is 55.4 cm³/mol. The van der Waals surface area contributed by atoms with Gasteiger partial charge in [-0.05, 0) is 13.5 Å². The molecular formula is C8H18N2OS. The van der Waals surface area contributed by atoms with E-state index in [2.05, 4.69) is 11.8 Å². The Balaban J connectivity index is 3.85. The van der Waals surface area contributed by atoms with Crippen LogP contribution in [0.4, 0.5) is 0 Å². The van der Waals surface area contributed by atoms with Crippen molar-refractivity contribution >= 4 is 17.2 Å². The van der Waals surface area contributed by atoms with Crippen LogP contribution in [0.1, 0.15) is 13.3 Å². The number of methoxy groups -OCH3 is 1. The van der Waals surface area contributed by atoms with Gasteiger partial charge in [0.1, 0.15) is 0 Å². The van der Waals surface area contributed by atoms with Crippen LogP contribution in [-0.4, -0.2) is 43.2 Å². The maximum absolute atomic E-state index is 5.57. The molecule has 0 heterocycles. The minimum Gasteiger partial charge on any atom is -0.392 e. The minimum atomic E-state index is 0.204. The van der Waals surface area contributed by atoms with E-state index in [1.165, 1.54) is 0 Å². The molecule has 0 aromatic rings. The van der Waals surface area contributed by atoms with Gasteiger partial charge in [0.2, 0.25) is 0 Å². The molecule has 0 aromatic heterocycles. The van der Waals surface area contributed by atoms with Crippen LogP contribution in [-0.2, 0) is 4.74 Å². The van der Waals surface area contributed by atoms with Gasteiger partial charge in [0.05, 0.1) is 17.6 Å². The summed E-state index contributed by atoms with van der Waals surface area (Å²) in [5.74, 6) is 0. The molecule has 0 bridgehead atoms. The van der Waals surface area contributed by atoms with Gasteiger partial charge >= 0.3 is 0 Å². The second kappa shape index (κ2) is 6.34. The molecular weight excluding hydrogens is 172 g/mol. The normalized spacial score (nSPS) is 13.3. The smallest absolute Gasteiger partial charge is 0.0901 e. The van der Waals surface area contributed by atoms with Crippen molar-refractivity contribution in [1.29, 1.82) is 0 Å². The lowest BCUT2D eigenvalue weighted by molar-refractivity contribution is 0.152. The van der Waals surface area contributed by atoms with Crippen molar-refractivity contribution in [3.8, 4) is 0 Å². The molecule has 0 aromatic carbocycles. The average molecular weight is 190 g/mol. The summed E-state index contributed by atoms with van der Waals surface area (Å²) in [6.45, 7) is 3.66. The summed E-state index contributed by atoms with van der Waals surface area (Å²) >= 11 is 4.94. The number of likely N-dealkylation sites (N-methyl/N-ethyl adjacent to an activating group) is 1. The molecule has 0 saturated carbocycles. The highest BCUT2D eigenvalue weighted by atomic mass is 32.1. The summed E-state index contributed by atoms with van der Waals surface area (Å²) in [4.78, 5) is 2.68. The first kappa shape index (κ1) is 11.8. The van der Waals surface area contributed by atoms with E-state index in [-0.39, 0.29) is 6.04 Å². The lowest BCUT2D eigenvalue weighted by atomic mass is 10.2. The number of nitrogens with zero attached hydrogens (tertiary/aromatic N) is 1. The SMILES string of the molecule is CCC(C(N)=S)N(C)CCOC. The molecule has 0 aliphatic heterocycles. The fourth-order valence-electron chi connectivity index (χ4n) is 1.12. The molecule has 4 heteroatoms. The highest BCUT2D eigenvalue weighted by Gasteiger charge is 2.14. The number of ether oxygens (including phenoxy) is 1. The number of nitrogens with two attached hydrogens (primary N) is 1. The standard InChI is InChI=1S/C8H18N2OS/c1-4-7(8(9)12)10(2)5-6-11-3/h7H,4-6H2,1-3H3,(H2,9,12). The van der Waals surface area contributed by atoms with Gasteiger partial charge in [-0.3, -0.25) is 4.90 Å². The monoisotopic (exact) mass is 190 g/mol. The summed E-state index contributed by atoms with van der Waals surface area (Å²) in [5.41, 5.74) is 5.57. The van der Waals surface area contributed by atoms with Gasteiger partial charge in [-0.15, -0.1) is 0 Å². The fraction of sp³-hybridized carbons (Fsp3) is 0.875. The Kier molecular flexibility index (Phi) is 6.24. The largest absolute Gasteiger partial charge is 0.392 e. The first-order valence-corrected chi connectivity index (χ1v) is 4.52. The number of thiocarbonyl (C=S) groups is 1. The second-order valence-electron chi connectivity index (χ2n) is 2.80. The van der Waals surface area contributed by atoms with Crippen molar-refractivity contribution in [1.82, 2.24) is 4.90 Å². The molecule has 0 aliphatic rings. The van der Waals surface area contributed by atoms with E-state index in [9.17, 15) is 0 Å². The van der Waals surface area contributed by atoms with Crippen LogP contribution in [0.2, 0.25) is 0 Å². The Morgan fingerprint density at radius 1 is 1.67 bits per heavy atom. The van der Waals surface area contributed by atoms with E-state index in [1.807, 2.05) is 7.05 Å². The highest BCUT2D eigenvalue weighted by Crippen LogP contribution is 2.01. The molecule has 12 heavy (non-hydrogen) atoms. The summed E-state index contributed by atoms with van der Waals surface area (Å²) in [6.07, 6.45) is 0.954. The van der Waals surface area contributed by atoms with E-state index < -0.39 is 0 Å². The third-order valence-electron chi connectivity index (χ3n) is 1.90. The molecule has 0 amide bonds. The maximum Gasteiger partial charge on any atom is 0.0901 e. The first-order chi connectivity index (χ1) is 5.63. The van der Waals surface area contributed by atoms with Gasteiger partial charge < -0.3 is 10.5 Å². The van der Waals surface area contributed by atoms with Gasteiger partial charge in [-0.25, -0.2) is 0 Å². The topological polar surface area (TPSA) is 38.5 Å². The molecule has 0 radical (unpaired) electrons. The minimum absolute atomic E-state index is 0.204. The average Bonchev–Trinajstić information content (AvgIpc) is 2.01. The Hall–Kier alpha value is -0.190. The van der Waals surface area contributed by atoms with Crippen LogP contribution >= 0.6 is 12.2 Å². The van der Waals surface area contributed by atoms with Crippen LogP contribution in [0.15, 0.2) is 0 Å². The number of hydrogen-bond acceptors (Lipinski definition) is 3. The lowest BCUT2D eigenvalue weighted by Gasteiger charge is -2.25. The first-order valence-electron chi connectivity index (χ1n) is 4.12. The van der Waals surface area contributed by atoms with E-state index in [4.69, 9.17) is 22.7 Å². The molecule has 0 saturated heterocycles. The van der Waals surface area contributed by atoms with Crippen LogP contribution in [0, 0.1) is 0 Å². The van der Waals surface area contributed by atoms with Crippen molar-refractivity contribution in [2.75, 3.05) is 27.3 Å². The molecule has 0 spiro atoms. The molecule has 2 N–H and O–H groups in total. The summed E-state index contributed by atoms with van der Waals surface area (Å²) in [6, 6.07) is 0.204. The van der Waals surface area contributed by atoms with Gasteiger partial charge in [-0.1, -0.05) is 19.1 Å².